The van der Waals surface area contributed by atoms with Gasteiger partial charge < -0.3 is 14.5 Å². The molecule has 0 N–H and O–H groups in total. The van der Waals surface area contributed by atoms with Crippen LogP contribution in [0.1, 0.15) is 23.3 Å². The van der Waals surface area contributed by atoms with Gasteiger partial charge in [-0.25, -0.2) is 4.79 Å². The van der Waals surface area contributed by atoms with Crippen LogP contribution >= 0.6 is 0 Å². The van der Waals surface area contributed by atoms with Crippen LogP contribution in [0.15, 0.2) is 15.7 Å². The number of carbonyl (C=O) groups excluding carboxylic acids is 2. The van der Waals surface area contributed by atoms with Crippen molar-refractivity contribution in [2.24, 2.45) is 14.1 Å². The average molecular weight is 334 g/mol. The summed E-state index contributed by atoms with van der Waals surface area (Å²) < 4.78 is 7.96. The molecule has 0 saturated carbocycles. The highest BCUT2D eigenvalue weighted by Gasteiger charge is 2.63. The molecule has 4 heterocycles. The third kappa shape index (κ3) is 1.73. The summed E-state index contributed by atoms with van der Waals surface area (Å²) in [4.78, 5) is 52.4. The number of hydrogen-bond acceptors (Lipinski definition) is 5. The van der Waals surface area contributed by atoms with Crippen LogP contribution < -0.4 is 11.2 Å². The van der Waals surface area contributed by atoms with Gasteiger partial charge in [0.05, 0.1) is 19.1 Å². The number of rotatable bonds is 1. The fraction of sp³-hybridized carbons (Fsp3) is 0.600. The lowest BCUT2D eigenvalue weighted by molar-refractivity contribution is -0.136. The van der Waals surface area contributed by atoms with Crippen molar-refractivity contribution in [1.29, 1.82) is 0 Å². The Labute approximate surface area is 137 Å². The average Bonchev–Trinajstić information content (AvgIpc) is 3.19. The predicted molar refractivity (Wildman–Crippen MR) is 81.4 cm³/mol. The van der Waals surface area contributed by atoms with Crippen molar-refractivity contribution in [3.05, 3.63) is 32.6 Å². The van der Waals surface area contributed by atoms with E-state index in [0.29, 0.717) is 26.1 Å². The van der Waals surface area contributed by atoms with Gasteiger partial charge in [-0.3, -0.25) is 23.5 Å². The zero-order valence-electron chi connectivity index (χ0n) is 13.5. The molecule has 9 heteroatoms. The van der Waals surface area contributed by atoms with Crippen molar-refractivity contribution in [3.8, 4) is 0 Å². The predicted octanol–water partition coefficient (Wildman–Crippen LogP) is -1.74. The molecule has 128 valence electrons. The first-order valence-corrected chi connectivity index (χ1v) is 7.89. The quantitative estimate of drug-likeness (QED) is 0.608. The number of ether oxygens (including phenoxy) is 1. The Hall–Kier alpha value is -2.42. The smallest absolute Gasteiger partial charge is 0.331 e. The Kier molecular flexibility index (Phi) is 3.02. The Morgan fingerprint density at radius 2 is 1.96 bits per heavy atom. The zero-order valence-corrected chi connectivity index (χ0v) is 13.5. The Bertz CT molecular complexity index is 872. The van der Waals surface area contributed by atoms with Crippen LogP contribution in [0.4, 0.5) is 0 Å². The van der Waals surface area contributed by atoms with Gasteiger partial charge in [0.2, 0.25) is 5.91 Å². The van der Waals surface area contributed by atoms with Crippen LogP contribution in [-0.4, -0.2) is 62.2 Å². The van der Waals surface area contributed by atoms with E-state index in [9.17, 15) is 19.2 Å². The van der Waals surface area contributed by atoms with Crippen molar-refractivity contribution in [3.63, 3.8) is 0 Å². The van der Waals surface area contributed by atoms with E-state index >= 15 is 0 Å². The van der Waals surface area contributed by atoms with Crippen LogP contribution in [0.25, 0.3) is 0 Å². The second-order valence-electron chi connectivity index (χ2n) is 6.48. The molecule has 0 radical (unpaired) electrons. The lowest BCUT2D eigenvalue weighted by atomic mass is 10.1. The number of carbonyl (C=O) groups is 2. The maximum atomic E-state index is 13.0. The molecule has 0 aliphatic carbocycles. The molecule has 4 rings (SSSR count). The van der Waals surface area contributed by atoms with Crippen molar-refractivity contribution >= 4 is 11.8 Å². The first-order chi connectivity index (χ1) is 11.4. The number of amides is 2. The van der Waals surface area contributed by atoms with Gasteiger partial charge in [-0.1, -0.05) is 0 Å². The molecule has 1 spiro atoms. The molecular formula is C15H18N4O5. The van der Waals surface area contributed by atoms with Gasteiger partial charge in [0.25, 0.3) is 11.5 Å². The summed E-state index contributed by atoms with van der Waals surface area (Å²) in [5.41, 5.74) is -1.78. The van der Waals surface area contributed by atoms with Crippen molar-refractivity contribution in [2.45, 2.75) is 24.6 Å². The van der Waals surface area contributed by atoms with E-state index in [2.05, 4.69) is 0 Å². The minimum Gasteiger partial charge on any atom is -0.351 e. The molecule has 1 aromatic heterocycles. The van der Waals surface area contributed by atoms with Crippen LogP contribution in [0.3, 0.4) is 0 Å². The molecule has 0 aromatic carbocycles. The molecular weight excluding hydrogens is 316 g/mol. The summed E-state index contributed by atoms with van der Waals surface area (Å²) >= 11 is 0. The molecule has 3 fully saturated rings. The second-order valence-corrected chi connectivity index (χ2v) is 6.48. The van der Waals surface area contributed by atoms with Gasteiger partial charge in [0, 0.05) is 39.7 Å². The normalized spacial score (nSPS) is 28.4. The standard InChI is InChI=1S/C15H18N4O5/c1-16-9(7-11(20)17(2)14(16)23)13(22)18-4-3-15-10(18)8-12(21)19(15)5-6-24-15/h7,10H,3-6,8H2,1-2H3/t10-,15+/m1/s1. The van der Waals surface area contributed by atoms with E-state index in [0.717, 1.165) is 4.57 Å². The Morgan fingerprint density at radius 3 is 2.71 bits per heavy atom. The zero-order chi connectivity index (χ0) is 17.2. The highest BCUT2D eigenvalue weighted by Crippen LogP contribution is 2.45. The molecule has 24 heavy (non-hydrogen) atoms. The largest absolute Gasteiger partial charge is 0.351 e. The van der Waals surface area contributed by atoms with Gasteiger partial charge in [-0.2, -0.15) is 0 Å². The van der Waals surface area contributed by atoms with Gasteiger partial charge in [0.15, 0.2) is 5.72 Å². The fourth-order valence-corrected chi connectivity index (χ4v) is 4.12. The van der Waals surface area contributed by atoms with Gasteiger partial charge in [-0.05, 0) is 0 Å². The summed E-state index contributed by atoms with van der Waals surface area (Å²) in [5, 5.41) is 0. The van der Waals surface area contributed by atoms with E-state index in [1.165, 1.54) is 24.7 Å². The molecule has 0 unspecified atom stereocenters. The molecule has 2 atom stereocenters. The maximum absolute atomic E-state index is 13.0. The number of nitrogens with zero attached hydrogens (tertiary/aromatic N) is 4. The minimum atomic E-state index is -0.731. The van der Waals surface area contributed by atoms with Crippen molar-refractivity contribution in [1.82, 2.24) is 18.9 Å². The summed E-state index contributed by atoms with van der Waals surface area (Å²) in [6.07, 6.45) is 0.762. The highest BCUT2D eigenvalue weighted by atomic mass is 16.5. The third-order valence-corrected chi connectivity index (χ3v) is 5.41. The van der Waals surface area contributed by atoms with Crippen LogP contribution in [0.2, 0.25) is 0 Å². The van der Waals surface area contributed by atoms with Crippen molar-refractivity contribution in [2.75, 3.05) is 19.7 Å². The van der Waals surface area contributed by atoms with E-state index in [-0.39, 0.29) is 24.1 Å². The highest BCUT2D eigenvalue weighted by molar-refractivity contribution is 5.94. The lowest BCUT2D eigenvalue weighted by Gasteiger charge is -2.31. The van der Waals surface area contributed by atoms with Crippen LogP contribution in [0, 0.1) is 0 Å². The van der Waals surface area contributed by atoms with E-state index < -0.39 is 22.9 Å². The first-order valence-electron chi connectivity index (χ1n) is 7.89. The summed E-state index contributed by atoms with van der Waals surface area (Å²) in [5.74, 6) is -0.438. The summed E-state index contributed by atoms with van der Waals surface area (Å²) in [6.45, 7) is 1.44. The minimum absolute atomic E-state index is 0.0205. The molecule has 3 saturated heterocycles. The SMILES string of the molecule is Cn1c(C(=O)N2CC[C@@]34OCCN3C(=O)C[C@@H]24)cc(=O)n(C)c1=O. The van der Waals surface area contributed by atoms with Crippen LogP contribution in [-0.2, 0) is 23.6 Å². The van der Waals surface area contributed by atoms with Gasteiger partial charge in [-0.15, -0.1) is 0 Å². The topological polar surface area (TPSA) is 93.8 Å². The lowest BCUT2D eigenvalue weighted by Crippen LogP contribution is -2.49. The van der Waals surface area contributed by atoms with Gasteiger partial charge in [0.1, 0.15) is 5.69 Å². The summed E-state index contributed by atoms with van der Waals surface area (Å²) in [7, 11) is 2.82. The third-order valence-electron chi connectivity index (χ3n) is 5.41. The van der Waals surface area contributed by atoms with E-state index in [4.69, 9.17) is 4.74 Å². The molecule has 2 amide bonds. The molecule has 1 aromatic rings. The van der Waals surface area contributed by atoms with Gasteiger partial charge >= 0.3 is 5.69 Å². The van der Waals surface area contributed by atoms with E-state index in [1.807, 2.05) is 0 Å². The molecule has 9 nitrogen and oxygen atoms in total. The Balaban J connectivity index is 1.74. The maximum Gasteiger partial charge on any atom is 0.331 e. The molecule has 3 aliphatic heterocycles. The fourth-order valence-electron chi connectivity index (χ4n) is 4.12. The molecule has 3 aliphatic rings. The number of hydrogen-bond donors (Lipinski definition) is 0. The monoisotopic (exact) mass is 334 g/mol. The number of aromatic nitrogens is 2. The Morgan fingerprint density at radius 1 is 1.21 bits per heavy atom. The molecule has 0 bridgehead atoms. The van der Waals surface area contributed by atoms with Crippen LogP contribution in [0.5, 0.6) is 0 Å². The first kappa shape index (κ1) is 15.1. The van der Waals surface area contributed by atoms with Crippen molar-refractivity contribution < 1.29 is 14.3 Å². The number of likely N-dealkylation sites (tertiary alicyclic amines) is 1. The second kappa shape index (κ2) is 4.79. The van der Waals surface area contributed by atoms with E-state index in [1.54, 1.807) is 9.80 Å². The summed E-state index contributed by atoms with van der Waals surface area (Å²) in [6, 6.07) is 0.790.